The van der Waals surface area contributed by atoms with E-state index in [-0.39, 0.29) is 6.04 Å². The van der Waals surface area contributed by atoms with E-state index in [9.17, 15) is 8.78 Å². The Morgan fingerprint density at radius 2 is 2.06 bits per heavy atom. The molecule has 2 rings (SSSR count). The van der Waals surface area contributed by atoms with Gasteiger partial charge in [0.15, 0.2) is 0 Å². The van der Waals surface area contributed by atoms with E-state index in [0.717, 1.165) is 11.8 Å². The van der Waals surface area contributed by atoms with E-state index in [1.165, 1.54) is 12.1 Å². The first-order valence-electron chi connectivity index (χ1n) is 5.23. The summed E-state index contributed by atoms with van der Waals surface area (Å²) in [5.74, 6) is -1.14. The van der Waals surface area contributed by atoms with Crippen LogP contribution in [0.4, 0.5) is 8.78 Å². The molecule has 0 saturated carbocycles. The summed E-state index contributed by atoms with van der Waals surface area (Å²) in [5, 5.41) is 7.04. The van der Waals surface area contributed by atoms with Crippen LogP contribution in [0.15, 0.2) is 30.5 Å². The number of rotatable bonds is 3. The van der Waals surface area contributed by atoms with Crippen LogP contribution in [0.25, 0.3) is 0 Å². The molecule has 1 unspecified atom stereocenters. The van der Waals surface area contributed by atoms with Crippen molar-refractivity contribution < 1.29 is 8.78 Å². The summed E-state index contributed by atoms with van der Waals surface area (Å²) in [5.41, 5.74) is 1.22. The first-order valence-corrected chi connectivity index (χ1v) is 5.23. The zero-order valence-corrected chi connectivity index (χ0v) is 9.61. The lowest BCUT2D eigenvalue weighted by Gasteiger charge is -2.17. The molecule has 0 saturated heterocycles. The minimum Gasteiger partial charge on any atom is -0.308 e. The van der Waals surface area contributed by atoms with Gasteiger partial charge in [0.1, 0.15) is 11.6 Å². The lowest BCUT2D eigenvalue weighted by molar-refractivity contribution is 0.536. The van der Waals surface area contributed by atoms with Gasteiger partial charge in [-0.3, -0.25) is 4.68 Å². The highest BCUT2D eigenvalue weighted by Gasteiger charge is 2.19. The van der Waals surface area contributed by atoms with Crippen molar-refractivity contribution >= 4 is 0 Å². The molecule has 0 aliphatic carbocycles. The zero-order valence-electron chi connectivity index (χ0n) is 9.61. The van der Waals surface area contributed by atoms with Gasteiger partial charge in [-0.15, -0.1) is 0 Å². The van der Waals surface area contributed by atoms with Crippen LogP contribution in [-0.4, -0.2) is 16.8 Å². The Bertz CT molecular complexity index is 522. The predicted octanol–water partition coefficient (Wildman–Crippen LogP) is 2.01. The van der Waals surface area contributed by atoms with Gasteiger partial charge in [-0.2, -0.15) is 5.10 Å². The molecule has 1 heterocycles. The molecule has 3 nitrogen and oxygen atoms in total. The molecule has 0 aliphatic heterocycles. The van der Waals surface area contributed by atoms with Crippen LogP contribution in [0, 0.1) is 11.6 Å². The van der Waals surface area contributed by atoms with Gasteiger partial charge in [-0.05, 0) is 19.2 Å². The van der Waals surface area contributed by atoms with Gasteiger partial charge >= 0.3 is 0 Å². The number of halogens is 2. The fraction of sp³-hybridized carbons (Fsp3) is 0.250. The molecule has 1 N–H and O–H groups in total. The smallest absolute Gasteiger partial charge is 0.131 e. The monoisotopic (exact) mass is 237 g/mol. The van der Waals surface area contributed by atoms with E-state index in [4.69, 9.17) is 0 Å². The Balaban J connectivity index is 2.46. The third-order valence-corrected chi connectivity index (χ3v) is 2.72. The van der Waals surface area contributed by atoms with E-state index in [1.54, 1.807) is 31.0 Å². The molecule has 5 heteroatoms. The van der Waals surface area contributed by atoms with Gasteiger partial charge in [0.05, 0.1) is 11.7 Å². The highest BCUT2D eigenvalue weighted by atomic mass is 19.1. The summed E-state index contributed by atoms with van der Waals surface area (Å²) in [7, 11) is 3.50. The summed E-state index contributed by atoms with van der Waals surface area (Å²) in [6.07, 6.45) is 1.64. The first-order chi connectivity index (χ1) is 8.13. The van der Waals surface area contributed by atoms with Crippen LogP contribution in [0.2, 0.25) is 0 Å². The summed E-state index contributed by atoms with van der Waals surface area (Å²) >= 11 is 0. The molecule has 2 aromatic rings. The Kier molecular flexibility index (Phi) is 3.19. The molecule has 1 atom stereocenters. The summed E-state index contributed by atoms with van der Waals surface area (Å²) < 4.78 is 28.2. The lowest BCUT2D eigenvalue weighted by atomic mass is 10.0. The van der Waals surface area contributed by atoms with Gasteiger partial charge < -0.3 is 5.32 Å². The fourth-order valence-corrected chi connectivity index (χ4v) is 1.87. The SMILES string of the molecule is CNC(c1ccc(F)cc1F)c1ccnn1C. The van der Waals surface area contributed by atoms with E-state index in [1.807, 2.05) is 0 Å². The quantitative estimate of drug-likeness (QED) is 0.885. The van der Waals surface area contributed by atoms with Crippen LogP contribution in [-0.2, 0) is 7.05 Å². The lowest BCUT2D eigenvalue weighted by Crippen LogP contribution is -2.21. The second-order valence-electron chi connectivity index (χ2n) is 3.77. The number of nitrogens with zero attached hydrogens (tertiary/aromatic N) is 2. The molecule has 0 amide bonds. The molecule has 17 heavy (non-hydrogen) atoms. The number of benzene rings is 1. The van der Waals surface area contributed by atoms with Gasteiger partial charge in [0.2, 0.25) is 0 Å². The van der Waals surface area contributed by atoms with Crippen molar-refractivity contribution in [3.63, 3.8) is 0 Å². The largest absolute Gasteiger partial charge is 0.308 e. The van der Waals surface area contributed by atoms with Crippen molar-refractivity contribution in [2.24, 2.45) is 7.05 Å². The van der Waals surface area contributed by atoms with Gasteiger partial charge in [-0.1, -0.05) is 6.07 Å². The number of nitrogens with one attached hydrogen (secondary N) is 1. The highest BCUT2D eigenvalue weighted by molar-refractivity contribution is 5.29. The molecule has 1 aromatic carbocycles. The molecule has 0 aliphatic rings. The number of hydrogen-bond acceptors (Lipinski definition) is 2. The van der Waals surface area contributed by atoms with Gasteiger partial charge in [0, 0.05) is 24.9 Å². The summed E-state index contributed by atoms with van der Waals surface area (Å²) in [4.78, 5) is 0. The topological polar surface area (TPSA) is 29.9 Å². The van der Waals surface area contributed by atoms with Gasteiger partial charge in [-0.25, -0.2) is 8.78 Å². The van der Waals surface area contributed by atoms with E-state index < -0.39 is 11.6 Å². The van der Waals surface area contributed by atoms with Crippen molar-refractivity contribution in [2.75, 3.05) is 7.05 Å². The van der Waals surface area contributed by atoms with E-state index in [0.29, 0.717) is 5.56 Å². The second-order valence-corrected chi connectivity index (χ2v) is 3.77. The average Bonchev–Trinajstić information content (AvgIpc) is 2.69. The van der Waals surface area contributed by atoms with E-state index in [2.05, 4.69) is 10.4 Å². The van der Waals surface area contributed by atoms with Crippen LogP contribution in [0.3, 0.4) is 0 Å². The standard InChI is InChI=1S/C12H13F2N3/c1-15-12(11-5-6-16-17(11)2)9-4-3-8(13)7-10(9)14/h3-7,12,15H,1-2H3. The number of aromatic nitrogens is 2. The number of hydrogen-bond donors (Lipinski definition) is 1. The molecule has 0 bridgehead atoms. The third kappa shape index (κ3) is 2.19. The minimum absolute atomic E-state index is 0.344. The maximum absolute atomic E-state index is 13.7. The molecule has 90 valence electrons. The van der Waals surface area contributed by atoms with Crippen molar-refractivity contribution in [1.82, 2.24) is 15.1 Å². The van der Waals surface area contributed by atoms with Crippen LogP contribution >= 0.6 is 0 Å². The first kappa shape index (κ1) is 11.7. The van der Waals surface area contributed by atoms with Crippen LogP contribution in [0.5, 0.6) is 0 Å². The maximum Gasteiger partial charge on any atom is 0.131 e. The third-order valence-electron chi connectivity index (χ3n) is 2.72. The van der Waals surface area contributed by atoms with Crippen molar-refractivity contribution in [2.45, 2.75) is 6.04 Å². The Morgan fingerprint density at radius 1 is 1.29 bits per heavy atom. The maximum atomic E-state index is 13.7. The van der Waals surface area contributed by atoms with E-state index >= 15 is 0 Å². The number of aryl methyl sites for hydroxylation is 1. The second kappa shape index (κ2) is 4.63. The Hall–Kier alpha value is -1.75. The van der Waals surface area contributed by atoms with Gasteiger partial charge in [0.25, 0.3) is 0 Å². The average molecular weight is 237 g/mol. The molecular formula is C12H13F2N3. The predicted molar refractivity (Wildman–Crippen MR) is 60.5 cm³/mol. The molecule has 0 fully saturated rings. The molecule has 0 spiro atoms. The minimum atomic E-state index is -0.578. The summed E-state index contributed by atoms with van der Waals surface area (Å²) in [6.45, 7) is 0. The van der Waals surface area contributed by atoms with Crippen LogP contribution in [0.1, 0.15) is 17.3 Å². The molecule has 1 aromatic heterocycles. The van der Waals surface area contributed by atoms with Crippen molar-refractivity contribution in [3.05, 3.63) is 53.4 Å². The molecule has 0 radical (unpaired) electrons. The van der Waals surface area contributed by atoms with Crippen molar-refractivity contribution in [3.8, 4) is 0 Å². The fourth-order valence-electron chi connectivity index (χ4n) is 1.87. The Labute approximate surface area is 98.1 Å². The Morgan fingerprint density at radius 3 is 2.59 bits per heavy atom. The highest BCUT2D eigenvalue weighted by Crippen LogP contribution is 2.23. The molecular weight excluding hydrogens is 224 g/mol. The zero-order chi connectivity index (χ0) is 12.4. The summed E-state index contributed by atoms with van der Waals surface area (Å²) in [6, 6.07) is 5.03. The van der Waals surface area contributed by atoms with Crippen molar-refractivity contribution in [1.29, 1.82) is 0 Å². The normalized spacial score (nSPS) is 12.7. The van der Waals surface area contributed by atoms with Crippen LogP contribution < -0.4 is 5.32 Å².